The molecule has 0 N–H and O–H groups in total. The second kappa shape index (κ2) is 11.7. The molecule has 0 aliphatic rings. The van der Waals surface area contributed by atoms with Crippen LogP contribution in [0.15, 0.2) is 197 Å². The third-order valence-corrected chi connectivity index (χ3v) is 10.7. The molecule has 0 aliphatic heterocycles. The molecule has 0 saturated heterocycles. The van der Waals surface area contributed by atoms with Crippen molar-refractivity contribution in [2.75, 3.05) is 4.90 Å². The van der Waals surface area contributed by atoms with Crippen LogP contribution in [0.5, 0.6) is 0 Å². The van der Waals surface area contributed by atoms with E-state index >= 15 is 0 Å². The summed E-state index contributed by atoms with van der Waals surface area (Å²) in [5, 5.41) is 9.27. The summed E-state index contributed by atoms with van der Waals surface area (Å²) in [5.41, 5.74) is 11.5. The van der Waals surface area contributed by atoms with Gasteiger partial charge in [-0.25, -0.2) is 0 Å². The van der Waals surface area contributed by atoms with Crippen LogP contribution in [0.4, 0.5) is 17.1 Å². The maximum atomic E-state index is 6.51. The minimum atomic E-state index is 0.880. The fourth-order valence-corrected chi connectivity index (χ4v) is 8.06. The Morgan fingerprint density at radius 1 is 0.321 bits per heavy atom. The highest BCUT2D eigenvalue weighted by Gasteiger charge is 2.18. The molecule has 0 spiro atoms. The molecule has 3 nitrogen and oxygen atoms in total. The number of hydrogen-bond donors (Lipinski definition) is 0. The zero-order valence-electron chi connectivity index (χ0n) is 28.7. The van der Waals surface area contributed by atoms with Gasteiger partial charge in [-0.05, 0) is 105 Å². The van der Waals surface area contributed by atoms with Crippen LogP contribution in [0, 0.1) is 0 Å². The highest BCUT2D eigenvalue weighted by Crippen LogP contribution is 2.42. The topological polar surface area (TPSA) is 29.5 Å². The lowest BCUT2D eigenvalue weighted by Crippen LogP contribution is -2.09. The fourth-order valence-electron chi connectivity index (χ4n) is 8.06. The number of hydrogen-bond acceptors (Lipinski definition) is 3. The second-order valence-electron chi connectivity index (χ2n) is 13.7. The van der Waals surface area contributed by atoms with Crippen molar-refractivity contribution in [1.29, 1.82) is 0 Å². The molecule has 11 rings (SSSR count). The molecule has 0 amide bonds. The van der Waals surface area contributed by atoms with E-state index in [1.165, 1.54) is 27.3 Å². The van der Waals surface area contributed by atoms with Gasteiger partial charge >= 0.3 is 0 Å². The zero-order valence-corrected chi connectivity index (χ0v) is 28.7. The van der Waals surface area contributed by atoms with E-state index < -0.39 is 0 Å². The Morgan fingerprint density at radius 2 is 0.943 bits per heavy atom. The molecule has 2 aromatic heterocycles. The van der Waals surface area contributed by atoms with Crippen LogP contribution in [0.2, 0.25) is 0 Å². The summed E-state index contributed by atoms with van der Waals surface area (Å²) in [6.07, 6.45) is 0. The third kappa shape index (κ3) is 4.82. The van der Waals surface area contributed by atoms with E-state index in [4.69, 9.17) is 8.83 Å². The van der Waals surface area contributed by atoms with Crippen LogP contribution in [0.25, 0.3) is 87.7 Å². The second-order valence-corrected chi connectivity index (χ2v) is 13.7. The predicted octanol–water partition coefficient (Wildman–Crippen LogP) is 14.6. The summed E-state index contributed by atoms with van der Waals surface area (Å²) >= 11 is 0. The van der Waals surface area contributed by atoms with Crippen LogP contribution in [-0.4, -0.2) is 0 Å². The lowest BCUT2D eigenvalue weighted by molar-refractivity contribution is 0.669. The van der Waals surface area contributed by atoms with Crippen molar-refractivity contribution in [2.24, 2.45) is 0 Å². The van der Waals surface area contributed by atoms with Crippen molar-refractivity contribution >= 4 is 82.5 Å². The molecular formula is C50H31NO2. The van der Waals surface area contributed by atoms with Crippen LogP contribution in [0.1, 0.15) is 0 Å². The Morgan fingerprint density at radius 3 is 1.77 bits per heavy atom. The van der Waals surface area contributed by atoms with Crippen LogP contribution < -0.4 is 4.90 Å². The molecule has 2 heterocycles. The number of anilines is 3. The van der Waals surface area contributed by atoms with E-state index in [1.807, 2.05) is 12.1 Å². The zero-order chi connectivity index (χ0) is 34.9. The number of rotatable bonds is 5. The van der Waals surface area contributed by atoms with E-state index in [2.05, 4.69) is 181 Å². The molecule has 248 valence electrons. The van der Waals surface area contributed by atoms with E-state index in [-0.39, 0.29) is 0 Å². The third-order valence-electron chi connectivity index (χ3n) is 10.7. The number of benzene rings is 9. The molecule has 0 aliphatic carbocycles. The van der Waals surface area contributed by atoms with Crippen molar-refractivity contribution in [1.82, 2.24) is 0 Å². The van der Waals surface area contributed by atoms with Crippen LogP contribution >= 0.6 is 0 Å². The van der Waals surface area contributed by atoms with Crippen LogP contribution in [-0.2, 0) is 0 Å². The molecule has 53 heavy (non-hydrogen) atoms. The Kier molecular flexibility index (Phi) is 6.55. The Bertz CT molecular complexity index is 3170. The number of para-hydroxylation sites is 1. The molecule has 3 heteroatoms. The molecule has 9 aromatic carbocycles. The SMILES string of the molecule is c1ccc2cc(-c3ccc(N(c4ccc(-c5cccc6oc7c8ccccc8ccc7c56)cc4)c4ccc5oc6ccccc6c5c4)cc3)ccc2c1. The first-order chi connectivity index (χ1) is 26.2. The lowest BCUT2D eigenvalue weighted by atomic mass is 9.98. The van der Waals surface area contributed by atoms with Crippen molar-refractivity contribution in [3.63, 3.8) is 0 Å². The molecule has 0 bridgehead atoms. The van der Waals surface area contributed by atoms with Gasteiger partial charge in [0.15, 0.2) is 0 Å². The average Bonchev–Trinajstić information content (AvgIpc) is 3.80. The van der Waals surface area contributed by atoms with E-state index in [9.17, 15) is 0 Å². The standard InChI is InChI=1S/C50H31NO2/c1-2-10-36-30-37(17-16-32(36)8-1)33-18-23-38(24-19-33)51(40-27-29-47-45(31-40)43-12-5-6-14-46(43)52-47)39-25-20-35(21-26-39)41-13-7-15-48-49(41)44-28-22-34-9-3-4-11-42(34)50(44)53-48/h1-31H. The monoisotopic (exact) mass is 677 g/mol. The molecule has 11 aromatic rings. The van der Waals surface area contributed by atoms with Crippen molar-refractivity contribution < 1.29 is 8.83 Å². The maximum Gasteiger partial charge on any atom is 0.143 e. The summed E-state index contributed by atoms with van der Waals surface area (Å²) in [4.78, 5) is 2.33. The largest absolute Gasteiger partial charge is 0.456 e. The first-order valence-electron chi connectivity index (χ1n) is 18.0. The smallest absolute Gasteiger partial charge is 0.143 e. The molecule has 0 radical (unpaired) electrons. The van der Waals surface area contributed by atoms with E-state index in [0.29, 0.717) is 0 Å². The fraction of sp³-hybridized carbons (Fsp3) is 0. The van der Waals surface area contributed by atoms with Crippen molar-refractivity contribution in [3.05, 3.63) is 188 Å². The van der Waals surface area contributed by atoms with Gasteiger partial charge in [0, 0.05) is 44.0 Å². The lowest BCUT2D eigenvalue weighted by Gasteiger charge is -2.26. The molecule has 0 atom stereocenters. The van der Waals surface area contributed by atoms with Crippen molar-refractivity contribution in [3.8, 4) is 22.3 Å². The van der Waals surface area contributed by atoms with Gasteiger partial charge in [0.1, 0.15) is 22.3 Å². The van der Waals surface area contributed by atoms with Gasteiger partial charge in [0.05, 0.1) is 0 Å². The number of fused-ring (bicyclic) bond motifs is 9. The molecule has 0 saturated carbocycles. The number of nitrogens with zero attached hydrogens (tertiary/aromatic N) is 1. The highest BCUT2D eigenvalue weighted by atomic mass is 16.3. The molecular weight excluding hydrogens is 647 g/mol. The average molecular weight is 678 g/mol. The maximum absolute atomic E-state index is 6.51. The Balaban J connectivity index is 1.03. The van der Waals surface area contributed by atoms with Gasteiger partial charge in [-0.1, -0.05) is 121 Å². The number of furan rings is 2. The summed E-state index contributed by atoms with van der Waals surface area (Å²) in [5.74, 6) is 0. The first kappa shape index (κ1) is 29.6. The van der Waals surface area contributed by atoms with Gasteiger partial charge in [0.2, 0.25) is 0 Å². The minimum Gasteiger partial charge on any atom is -0.456 e. The van der Waals surface area contributed by atoms with Crippen molar-refractivity contribution in [2.45, 2.75) is 0 Å². The Hall–Kier alpha value is -7.10. The van der Waals surface area contributed by atoms with Gasteiger partial charge in [-0.15, -0.1) is 0 Å². The van der Waals surface area contributed by atoms with Gasteiger partial charge in [-0.3, -0.25) is 0 Å². The Labute approximate surface area is 305 Å². The summed E-state index contributed by atoms with van der Waals surface area (Å²) in [7, 11) is 0. The van der Waals surface area contributed by atoms with Gasteiger partial charge in [0.25, 0.3) is 0 Å². The summed E-state index contributed by atoms with van der Waals surface area (Å²) < 4.78 is 12.7. The van der Waals surface area contributed by atoms with Gasteiger partial charge < -0.3 is 13.7 Å². The normalized spacial score (nSPS) is 11.8. The highest BCUT2D eigenvalue weighted by molar-refractivity contribution is 6.19. The van der Waals surface area contributed by atoms with Gasteiger partial charge in [-0.2, -0.15) is 0 Å². The molecule has 0 unspecified atom stereocenters. The first-order valence-corrected chi connectivity index (χ1v) is 18.0. The summed E-state index contributed by atoms with van der Waals surface area (Å²) in [6, 6.07) is 66.9. The van der Waals surface area contributed by atoms with E-state index in [1.54, 1.807) is 0 Å². The molecule has 0 fully saturated rings. The predicted molar refractivity (Wildman–Crippen MR) is 222 cm³/mol. The van der Waals surface area contributed by atoms with E-state index in [0.717, 1.165) is 77.5 Å². The van der Waals surface area contributed by atoms with Crippen LogP contribution in [0.3, 0.4) is 0 Å². The minimum absolute atomic E-state index is 0.880. The summed E-state index contributed by atoms with van der Waals surface area (Å²) in [6.45, 7) is 0. The quantitative estimate of drug-likeness (QED) is 0.182.